The molecule has 1 aromatic carbocycles. The van der Waals surface area contributed by atoms with Crippen molar-refractivity contribution in [2.75, 3.05) is 0 Å². The van der Waals surface area contributed by atoms with Crippen molar-refractivity contribution < 1.29 is 14.1 Å². The molecule has 0 aliphatic carbocycles. The number of rotatable bonds is 2. The molecule has 0 aliphatic heterocycles. The number of aldehydes is 1. The number of hydrogen-bond donors (Lipinski definition) is 0. The van der Waals surface area contributed by atoms with Crippen LogP contribution in [0.5, 0.6) is 0 Å². The Hall–Kier alpha value is -2.50. The van der Waals surface area contributed by atoms with Gasteiger partial charge in [0.05, 0.1) is 10.3 Å². The van der Waals surface area contributed by atoms with Gasteiger partial charge in [-0.05, 0) is 6.07 Å². The van der Waals surface area contributed by atoms with Gasteiger partial charge in [-0.3, -0.25) is 19.7 Å². The summed E-state index contributed by atoms with van der Waals surface area (Å²) in [5.74, 6) is -0.105. The van der Waals surface area contributed by atoms with Crippen molar-refractivity contribution in [2.24, 2.45) is 0 Å². The molecular formula is C10H5NO5. The van der Waals surface area contributed by atoms with Crippen LogP contribution in [0.1, 0.15) is 10.6 Å². The van der Waals surface area contributed by atoms with Gasteiger partial charge in [0.1, 0.15) is 5.58 Å². The number of carbonyl (C=O) groups is 1. The van der Waals surface area contributed by atoms with Crippen molar-refractivity contribution in [1.82, 2.24) is 0 Å². The van der Waals surface area contributed by atoms with Crippen LogP contribution in [0.15, 0.2) is 33.5 Å². The molecule has 1 heterocycles. The van der Waals surface area contributed by atoms with Gasteiger partial charge in [-0.15, -0.1) is 0 Å². The number of carbonyl (C=O) groups excluding carboxylic acids is 1. The van der Waals surface area contributed by atoms with Gasteiger partial charge in [0.2, 0.25) is 0 Å². The lowest BCUT2D eigenvalue weighted by atomic mass is 10.2. The summed E-state index contributed by atoms with van der Waals surface area (Å²) in [6.45, 7) is 0. The number of non-ortho nitro benzene ring substituents is 1. The van der Waals surface area contributed by atoms with E-state index in [4.69, 9.17) is 4.42 Å². The molecule has 0 aliphatic rings. The van der Waals surface area contributed by atoms with Crippen LogP contribution < -0.4 is 5.43 Å². The Morgan fingerprint density at radius 2 is 2.06 bits per heavy atom. The van der Waals surface area contributed by atoms with E-state index in [-0.39, 0.29) is 22.4 Å². The van der Waals surface area contributed by atoms with Crippen molar-refractivity contribution >= 4 is 22.9 Å². The largest absolute Gasteiger partial charge is 0.453 e. The number of benzene rings is 1. The van der Waals surface area contributed by atoms with Crippen LogP contribution in [0.25, 0.3) is 11.0 Å². The van der Waals surface area contributed by atoms with Crippen molar-refractivity contribution in [3.63, 3.8) is 0 Å². The van der Waals surface area contributed by atoms with Crippen LogP contribution in [0, 0.1) is 10.1 Å². The van der Waals surface area contributed by atoms with E-state index in [0.717, 1.165) is 12.1 Å². The first kappa shape index (κ1) is 10.0. The maximum Gasteiger partial charge on any atom is 0.270 e. The average molecular weight is 219 g/mol. The predicted molar refractivity (Wildman–Crippen MR) is 54.5 cm³/mol. The summed E-state index contributed by atoms with van der Waals surface area (Å²) in [7, 11) is 0. The van der Waals surface area contributed by atoms with E-state index in [2.05, 4.69) is 0 Å². The third-order valence-corrected chi connectivity index (χ3v) is 2.06. The van der Waals surface area contributed by atoms with Crippen LogP contribution in [0.3, 0.4) is 0 Å². The Morgan fingerprint density at radius 1 is 1.31 bits per heavy atom. The van der Waals surface area contributed by atoms with E-state index >= 15 is 0 Å². The van der Waals surface area contributed by atoms with Crippen molar-refractivity contribution in [3.8, 4) is 0 Å². The Bertz CT molecular complexity index is 643. The van der Waals surface area contributed by atoms with Crippen LogP contribution in [-0.2, 0) is 0 Å². The van der Waals surface area contributed by atoms with Crippen LogP contribution in [0.4, 0.5) is 5.69 Å². The third-order valence-electron chi connectivity index (χ3n) is 2.06. The Morgan fingerprint density at radius 3 is 2.69 bits per heavy atom. The molecule has 0 radical (unpaired) electrons. The minimum Gasteiger partial charge on any atom is -0.453 e. The summed E-state index contributed by atoms with van der Waals surface area (Å²) in [6, 6.07) is 4.62. The number of nitro groups is 1. The van der Waals surface area contributed by atoms with Crippen LogP contribution >= 0.6 is 0 Å². The molecule has 0 saturated carbocycles. The molecule has 6 heteroatoms. The van der Waals surface area contributed by atoms with Gasteiger partial charge in [-0.2, -0.15) is 0 Å². The zero-order valence-electron chi connectivity index (χ0n) is 7.88. The fourth-order valence-electron chi connectivity index (χ4n) is 1.33. The van der Waals surface area contributed by atoms with Crippen molar-refractivity contribution in [1.29, 1.82) is 0 Å². The van der Waals surface area contributed by atoms with E-state index in [9.17, 15) is 19.7 Å². The Balaban J connectivity index is 2.80. The van der Waals surface area contributed by atoms with Crippen molar-refractivity contribution in [2.45, 2.75) is 0 Å². The molecule has 2 aromatic rings. The van der Waals surface area contributed by atoms with Gasteiger partial charge < -0.3 is 4.42 Å². The fraction of sp³-hybridized carbons (Fsp3) is 0. The first-order valence-corrected chi connectivity index (χ1v) is 4.29. The number of fused-ring (bicyclic) bond motifs is 1. The lowest BCUT2D eigenvalue weighted by Crippen LogP contribution is -2.02. The fourth-order valence-corrected chi connectivity index (χ4v) is 1.33. The van der Waals surface area contributed by atoms with E-state index < -0.39 is 10.4 Å². The topological polar surface area (TPSA) is 90.4 Å². The summed E-state index contributed by atoms with van der Waals surface area (Å²) in [6.07, 6.45) is 0.405. The predicted octanol–water partition coefficient (Wildman–Crippen LogP) is 1.51. The molecule has 0 saturated heterocycles. The molecule has 0 amide bonds. The van der Waals surface area contributed by atoms with Gasteiger partial charge in [0.15, 0.2) is 17.5 Å². The van der Waals surface area contributed by atoms with Gasteiger partial charge in [-0.25, -0.2) is 0 Å². The summed E-state index contributed by atoms with van der Waals surface area (Å²) < 4.78 is 5.04. The normalized spacial score (nSPS) is 10.2. The zero-order chi connectivity index (χ0) is 11.7. The summed E-state index contributed by atoms with van der Waals surface area (Å²) in [5.41, 5.74) is -0.522. The molecule has 0 bridgehead atoms. The van der Waals surface area contributed by atoms with Crippen LogP contribution in [0.2, 0.25) is 0 Å². The third kappa shape index (κ3) is 1.56. The SMILES string of the molecule is O=Cc1cc(=O)c2cc([N+](=O)[O-])ccc2o1. The summed E-state index contributed by atoms with van der Waals surface area (Å²) >= 11 is 0. The van der Waals surface area contributed by atoms with Gasteiger partial charge in [-0.1, -0.05) is 0 Å². The van der Waals surface area contributed by atoms with E-state index in [1.54, 1.807) is 0 Å². The highest BCUT2D eigenvalue weighted by Gasteiger charge is 2.10. The van der Waals surface area contributed by atoms with Gasteiger partial charge in [0.25, 0.3) is 5.69 Å². The first-order valence-electron chi connectivity index (χ1n) is 4.29. The highest BCUT2D eigenvalue weighted by Crippen LogP contribution is 2.18. The zero-order valence-corrected chi connectivity index (χ0v) is 7.88. The highest BCUT2D eigenvalue weighted by molar-refractivity contribution is 5.82. The molecule has 0 atom stereocenters. The van der Waals surface area contributed by atoms with E-state index in [0.29, 0.717) is 6.29 Å². The Kier molecular flexibility index (Phi) is 2.24. The maximum absolute atomic E-state index is 11.5. The smallest absolute Gasteiger partial charge is 0.270 e. The minimum absolute atomic E-state index is 0.0831. The lowest BCUT2D eigenvalue weighted by Gasteiger charge is -1.97. The molecule has 0 unspecified atom stereocenters. The second-order valence-electron chi connectivity index (χ2n) is 3.07. The molecule has 0 N–H and O–H groups in total. The molecule has 6 nitrogen and oxygen atoms in total. The molecule has 1 aromatic heterocycles. The lowest BCUT2D eigenvalue weighted by molar-refractivity contribution is -0.384. The molecule has 2 rings (SSSR count). The average Bonchev–Trinajstić information content (AvgIpc) is 2.28. The van der Waals surface area contributed by atoms with Crippen LogP contribution in [-0.4, -0.2) is 11.2 Å². The maximum atomic E-state index is 11.5. The molecule has 0 spiro atoms. The number of nitro benzene ring substituents is 1. The summed E-state index contributed by atoms with van der Waals surface area (Å²) in [5, 5.41) is 10.6. The first-order chi connectivity index (χ1) is 7.61. The van der Waals surface area contributed by atoms with E-state index in [1.165, 1.54) is 12.1 Å². The number of hydrogen-bond acceptors (Lipinski definition) is 5. The molecule has 80 valence electrons. The van der Waals surface area contributed by atoms with Crippen molar-refractivity contribution in [3.05, 3.63) is 50.4 Å². The standard InChI is InChI=1S/C10H5NO5/c12-5-7-4-9(13)8-3-6(11(14)15)1-2-10(8)16-7/h1-5H. The van der Waals surface area contributed by atoms with Gasteiger partial charge >= 0.3 is 0 Å². The molecular weight excluding hydrogens is 214 g/mol. The molecule has 16 heavy (non-hydrogen) atoms. The monoisotopic (exact) mass is 219 g/mol. The number of nitrogens with zero attached hydrogens (tertiary/aromatic N) is 1. The van der Waals surface area contributed by atoms with E-state index in [1.807, 2.05) is 0 Å². The second kappa shape index (κ2) is 3.58. The molecule has 0 fully saturated rings. The Labute approximate surface area is 88.3 Å². The quantitative estimate of drug-likeness (QED) is 0.433. The highest BCUT2D eigenvalue weighted by atomic mass is 16.6. The van der Waals surface area contributed by atoms with Gasteiger partial charge in [0, 0.05) is 18.2 Å². The summed E-state index contributed by atoms with van der Waals surface area (Å²) in [4.78, 5) is 31.8. The minimum atomic E-state index is -0.605. The second-order valence-corrected chi connectivity index (χ2v) is 3.07.